The van der Waals surface area contributed by atoms with E-state index in [1.165, 1.54) is 24.0 Å². The maximum Gasteiger partial charge on any atom is 0.335 e. The van der Waals surface area contributed by atoms with Gasteiger partial charge in [0.25, 0.3) is 0 Å². The van der Waals surface area contributed by atoms with E-state index in [4.69, 9.17) is 5.11 Å². The second-order valence-corrected chi connectivity index (χ2v) is 5.39. The van der Waals surface area contributed by atoms with Crippen molar-refractivity contribution in [2.24, 2.45) is 5.41 Å². The largest absolute Gasteiger partial charge is 0.478 e. The summed E-state index contributed by atoms with van der Waals surface area (Å²) >= 11 is 0. The Morgan fingerprint density at radius 1 is 1.29 bits per heavy atom. The van der Waals surface area contributed by atoms with Gasteiger partial charge in [-0.1, -0.05) is 6.07 Å². The van der Waals surface area contributed by atoms with Crippen LogP contribution in [0, 0.1) is 5.41 Å². The number of fused-ring (bicyclic) bond motifs is 1. The van der Waals surface area contributed by atoms with Crippen LogP contribution >= 0.6 is 0 Å². The first-order valence-corrected chi connectivity index (χ1v) is 6.24. The van der Waals surface area contributed by atoms with Gasteiger partial charge in [0.2, 0.25) is 0 Å². The molecule has 2 aliphatic rings. The minimum atomic E-state index is -0.822. The van der Waals surface area contributed by atoms with Crippen molar-refractivity contribution in [1.29, 1.82) is 0 Å². The zero-order valence-corrected chi connectivity index (χ0v) is 9.83. The lowest BCUT2D eigenvalue weighted by atomic mass is 9.71. The van der Waals surface area contributed by atoms with Crippen molar-refractivity contribution in [3.05, 3.63) is 34.9 Å². The van der Waals surface area contributed by atoms with Crippen molar-refractivity contribution in [2.75, 3.05) is 13.1 Å². The lowest BCUT2D eigenvalue weighted by molar-refractivity contribution is 0.0696. The molecule has 2 N–H and O–H groups in total. The Morgan fingerprint density at radius 3 is 2.88 bits per heavy atom. The van der Waals surface area contributed by atoms with Crippen LogP contribution in [0.4, 0.5) is 0 Å². The van der Waals surface area contributed by atoms with Gasteiger partial charge in [0.1, 0.15) is 0 Å². The van der Waals surface area contributed by atoms with E-state index in [9.17, 15) is 4.79 Å². The molecule has 0 aromatic heterocycles. The molecule has 90 valence electrons. The Morgan fingerprint density at radius 2 is 2.18 bits per heavy atom. The molecule has 17 heavy (non-hydrogen) atoms. The van der Waals surface area contributed by atoms with E-state index in [0.29, 0.717) is 11.0 Å². The average Bonchev–Trinajstić information content (AvgIpc) is 2.76. The van der Waals surface area contributed by atoms with Crippen LogP contribution in [0.2, 0.25) is 0 Å². The Labute approximate surface area is 101 Å². The van der Waals surface area contributed by atoms with Crippen molar-refractivity contribution in [3.63, 3.8) is 0 Å². The minimum Gasteiger partial charge on any atom is -0.478 e. The van der Waals surface area contributed by atoms with Crippen LogP contribution < -0.4 is 5.32 Å². The fraction of sp³-hybridized carbons (Fsp3) is 0.500. The van der Waals surface area contributed by atoms with Gasteiger partial charge < -0.3 is 10.4 Å². The number of nitrogens with one attached hydrogen (secondary N) is 1. The van der Waals surface area contributed by atoms with Crippen LogP contribution in [0.3, 0.4) is 0 Å². The van der Waals surface area contributed by atoms with Gasteiger partial charge in [0.05, 0.1) is 5.56 Å². The summed E-state index contributed by atoms with van der Waals surface area (Å²) in [4.78, 5) is 11.0. The average molecular weight is 231 g/mol. The van der Waals surface area contributed by atoms with Crippen LogP contribution in [0.15, 0.2) is 18.2 Å². The number of aromatic carboxylic acids is 1. The number of hydrogen-bond acceptors (Lipinski definition) is 2. The maximum atomic E-state index is 11.0. The first kappa shape index (κ1) is 10.8. The van der Waals surface area contributed by atoms with Gasteiger partial charge in [-0.15, -0.1) is 0 Å². The molecule has 1 atom stereocenters. The Balaban J connectivity index is 1.94. The third kappa shape index (κ3) is 1.84. The normalized spacial score (nSPS) is 27.1. The fourth-order valence-corrected chi connectivity index (χ4v) is 3.22. The summed E-state index contributed by atoms with van der Waals surface area (Å²) in [5.41, 5.74) is 3.41. The first-order valence-electron chi connectivity index (χ1n) is 6.24. The van der Waals surface area contributed by atoms with Crippen LogP contribution in [-0.2, 0) is 12.8 Å². The van der Waals surface area contributed by atoms with Gasteiger partial charge in [0.15, 0.2) is 0 Å². The van der Waals surface area contributed by atoms with Crippen LogP contribution in [0.5, 0.6) is 0 Å². The number of benzene rings is 1. The van der Waals surface area contributed by atoms with E-state index in [1.807, 2.05) is 12.1 Å². The molecule has 3 nitrogen and oxygen atoms in total. The molecule has 1 aromatic carbocycles. The van der Waals surface area contributed by atoms with Gasteiger partial charge in [-0.3, -0.25) is 0 Å². The van der Waals surface area contributed by atoms with E-state index in [2.05, 4.69) is 5.32 Å². The smallest absolute Gasteiger partial charge is 0.335 e. The van der Waals surface area contributed by atoms with Crippen molar-refractivity contribution in [3.8, 4) is 0 Å². The number of carboxylic acids is 1. The molecular weight excluding hydrogens is 214 g/mol. The zero-order valence-electron chi connectivity index (χ0n) is 9.83. The van der Waals surface area contributed by atoms with E-state index in [0.717, 1.165) is 25.9 Å². The maximum absolute atomic E-state index is 11.0. The van der Waals surface area contributed by atoms with E-state index in [1.54, 1.807) is 6.07 Å². The summed E-state index contributed by atoms with van der Waals surface area (Å²) in [6, 6.07) is 5.59. The Hall–Kier alpha value is -1.35. The van der Waals surface area contributed by atoms with Crippen LogP contribution in [0.25, 0.3) is 0 Å². The summed E-state index contributed by atoms with van der Waals surface area (Å²) < 4.78 is 0. The van der Waals surface area contributed by atoms with E-state index in [-0.39, 0.29) is 0 Å². The third-order valence-corrected chi connectivity index (χ3v) is 4.28. The van der Waals surface area contributed by atoms with Crippen molar-refractivity contribution in [2.45, 2.75) is 25.7 Å². The number of carbonyl (C=O) groups is 1. The Kier molecular flexibility index (Phi) is 2.44. The van der Waals surface area contributed by atoms with E-state index < -0.39 is 5.97 Å². The molecule has 0 saturated carbocycles. The van der Waals surface area contributed by atoms with Gasteiger partial charge in [-0.25, -0.2) is 4.79 Å². The fourth-order valence-electron chi connectivity index (χ4n) is 3.22. The molecule has 1 heterocycles. The summed E-state index contributed by atoms with van der Waals surface area (Å²) in [5.74, 6) is -0.822. The SMILES string of the molecule is O=C(O)c1ccc2c(c1)C[C@]1(CCNC1)CC2. The molecule has 1 fully saturated rings. The summed E-state index contributed by atoms with van der Waals surface area (Å²) in [6.07, 6.45) is 4.59. The highest BCUT2D eigenvalue weighted by molar-refractivity contribution is 5.87. The molecule has 1 aliphatic heterocycles. The second kappa shape index (κ2) is 3.84. The number of hydrogen-bond donors (Lipinski definition) is 2. The van der Waals surface area contributed by atoms with Crippen LogP contribution in [-0.4, -0.2) is 24.2 Å². The molecule has 1 aromatic rings. The quantitative estimate of drug-likeness (QED) is 0.775. The molecule has 0 radical (unpaired) electrons. The highest BCUT2D eigenvalue weighted by Crippen LogP contribution is 2.40. The molecule has 3 heteroatoms. The number of carboxylic acid groups (broad SMARTS) is 1. The van der Waals surface area contributed by atoms with Crippen LogP contribution in [0.1, 0.15) is 34.3 Å². The zero-order chi connectivity index (χ0) is 11.9. The predicted octanol–water partition coefficient (Wildman–Crippen LogP) is 1.85. The molecule has 1 aliphatic carbocycles. The van der Waals surface area contributed by atoms with Gasteiger partial charge in [-0.2, -0.15) is 0 Å². The standard InChI is InChI=1S/C14H17NO2/c16-13(17)11-2-1-10-3-4-14(5-6-15-9-14)8-12(10)7-11/h1-2,7,15H,3-6,8-9H2,(H,16,17)/t14-/m1/s1. The molecule has 0 bridgehead atoms. The third-order valence-electron chi connectivity index (χ3n) is 4.28. The second-order valence-electron chi connectivity index (χ2n) is 5.39. The molecule has 1 saturated heterocycles. The lowest BCUT2D eigenvalue weighted by Crippen LogP contribution is -2.31. The summed E-state index contributed by atoms with van der Waals surface area (Å²) in [6.45, 7) is 2.19. The topological polar surface area (TPSA) is 49.3 Å². The van der Waals surface area contributed by atoms with Gasteiger partial charge in [0, 0.05) is 6.54 Å². The summed E-state index contributed by atoms with van der Waals surface area (Å²) in [7, 11) is 0. The molecule has 1 spiro atoms. The molecule has 0 unspecified atom stereocenters. The van der Waals surface area contributed by atoms with Gasteiger partial charge in [-0.05, 0) is 60.9 Å². The van der Waals surface area contributed by atoms with Crippen molar-refractivity contribution in [1.82, 2.24) is 5.32 Å². The summed E-state index contributed by atoms with van der Waals surface area (Å²) in [5, 5.41) is 12.5. The molecule has 0 amide bonds. The van der Waals surface area contributed by atoms with Crippen molar-refractivity contribution >= 4 is 5.97 Å². The Bertz CT molecular complexity index is 461. The number of rotatable bonds is 1. The molecule has 3 rings (SSSR count). The monoisotopic (exact) mass is 231 g/mol. The predicted molar refractivity (Wildman–Crippen MR) is 65.3 cm³/mol. The minimum absolute atomic E-state index is 0.393. The first-order chi connectivity index (χ1) is 8.19. The lowest BCUT2D eigenvalue weighted by Gasteiger charge is -2.34. The van der Waals surface area contributed by atoms with E-state index >= 15 is 0 Å². The molecular formula is C14H17NO2. The van der Waals surface area contributed by atoms with Crippen molar-refractivity contribution < 1.29 is 9.90 Å². The number of aryl methyl sites for hydroxylation is 1. The highest BCUT2D eigenvalue weighted by Gasteiger charge is 2.36. The highest BCUT2D eigenvalue weighted by atomic mass is 16.4. The van der Waals surface area contributed by atoms with Gasteiger partial charge >= 0.3 is 5.97 Å².